The van der Waals surface area contributed by atoms with E-state index in [2.05, 4.69) is 23.5 Å². The molecule has 0 aliphatic heterocycles. The summed E-state index contributed by atoms with van der Waals surface area (Å²) in [6.07, 6.45) is -0.00841. The summed E-state index contributed by atoms with van der Waals surface area (Å²) in [5.74, 6) is 0. The predicted octanol–water partition coefficient (Wildman–Crippen LogP) is 4.44. The summed E-state index contributed by atoms with van der Waals surface area (Å²) in [7, 11) is 1.95. The molecule has 0 bridgehead atoms. The first-order chi connectivity index (χ1) is 9.26. The van der Waals surface area contributed by atoms with Gasteiger partial charge in [-0.25, -0.2) is 0 Å². The molecule has 2 atom stereocenters. The zero-order valence-electron chi connectivity index (χ0n) is 11.1. The highest BCUT2D eigenvalue weighted by atomic mass is 35.5. The molecule has 1 N–H and O–H groups in total. The molecule has 0 radical (unpaired) electrons. The number of benzene rings is 1. The van der Waals surface area contributed by atoms with E-state index >= 15 is 0 Å². The minimum Gasteiger partial charge on any atom is -0.372 e. The first-order valence-electron chi connectivity index (χ1n) is 6.35. The summed E-state index contributed by atoms with van der Waals surface area (Å²) in [4.78, 5) is 1.19. The Morgan fingerprint density at radius 1 is 1.21 bits per heavy atom. The number of ether oxygens (including phenoxy) is 1. The first kappa shape index (κ1) is 14.5. The Labute approximate surface area is 123 Å². The Bertz CT molecular complexity index is 500. The van der Waals surface area contributed by atoms with Gasteiger partial charge in [-0.15, -0.1) is 11.3 Å². The predicted molar refractivity (Wildman–Crippen MR) is 81.9 cm³/mol. The SMILES string of the molecule is CCOC(c1ccccc1)C(NC)c1ccc(Cl)s1. The molecule has 1 aromatic heterocycles. The average molecular weight is 296 g/mol. The van der Waals surface area contributed by atoms with Crippen molar-refractivity contribution >= 4 is 22.9 Å². The second-order valence-corrected chi connectivity index (χ2v) is 5.94. The summed E-state index contributed by atoms with van der Waals surface area (Å²) in [5, 5.41) is 3.34. The van der Waals surface area contributed by atoms with Gasteiger partial charge >= 0.3 is 0 Å². The molecule has 0 fully saturated rings. The first-order valence-corrected chi connectivity index (χ1v) is 7.54. The molecule has 0 spiro atoms. The number of thiophene rings is 1. The Balaban J connectivity index is 2.31. The number of hydrogen-bond acceptors (Lipinski definition) is 3. The van der Waals surface area contributed by atoms with E-state index in [1.54, 1.807) is 11.3 Å². The molecule has 4 heteroatoms. The number of hydrogen-bond donors (Lipinski definition) is 1. The molecular formula is C15H18ClNOS. The monoisotopic (exact) mass is 295 g/mol. The number of halogens is 1. The van der Waals surface area contributed by atoms with E-state index in [1.807, 2.05) is 38.2 Å². The van der Waals surface area contributed by atoms with Crippen LogP contribution in [0.5, 0.6) is 0 Å². The second kappa shape index (κ2) is 7.06. The van der Waals surface area contributed by atoms with Gasteiger partial charge in [0.25, 0.3) is 0 Å². The maximum absolute atomic E-state index is 6.04. The molecule has 0 saturated heterocycles. The van der Waals surface area contributed by atoms with Crippen LogP contribution in [0.15, 0.2) is 42.5 Å². The van der Waals surface area contributed by atoms with Crippen molar-refractivity contribution in [1.82, 2.24) is 5.32 Å². The van der Waals surface area contributed by atoms with Crippen LogP contribution in [-0.2, 0) is 4.74 Å². The van der Waals surface area contributed by atoms with Crippen LogP contribution in [-0.4, -0.2) is 13.7 Å². The van der Waals surface area contributed by atoms with Gasteiger partial charge in [0.05, 0.1) is 10.4 Å². The molecule has 19 heavy (non-hydrogen) atoms. The fraction of sp³-hybridized carbons (Fsp3) is 0.333. The van der Waals surface area contributed by atoms with Crippen molar-refractivity contribution in [3.8, 4) is 0 Å². The van der Waals surface area contributed by atoms with Crippen molar-refractivity contribution in [3.63, 3.8) is 0 Å². The highest BCUT2D eigenvalue weighted by molar-refractivity contribution is 7.16. The van der Waals surface area contributed by atoms with Gasteiger partial charge in [0.15, 0.2) is 0 Å². The summed E-state index contributed by atoms with van der Waals surface area (Å²) in [5.41, 5.74) is 1.17. The lowest BCUT2D eigenvalue weighted by atomic mass is 10.0. The van der Waals surface area contributed by atoms with Gasteiger partial charge in [0, 0.05) is 11.5 Å². The van der Waals surface area contributed by atoms with Crippen molar-refractivity contribution in [2.45, 2.75) is 19.1 Å². The van der Waals surface area contributed by atoms with E-state index < -0.39 is 0 Å². The second-order valence-electron chi connectivity index (χ2n) is 4.19. The maximum atomic E-state index is 6.04. The van der Waals surface area contributed by atoms with Gasteiger partial charge < -0.3 is 10.1 Å². The number of likely N-dealkylation sites (N-methyl/N-ethyl adjacent to an activating group) is 1. The van der Waals surface area contributed by atoms with Crippen molar-refractivity contribution < 1.29 is 4.74 Å². The number of rotatable bonds is 6. The Kier molecular flexibility index (Phi) is 5.40. The van der Waals surface area contributed by atoms with Crippen molar-refractivity contribution in [3.05, 3.63) is 57.2 Å². The Hall–Kier alpha value is -0.870. The van der Waals surface area contributed by atoms with Crippen LogP contribution >= 0.6 is 22.9 Å². The Morgan fingerprint density at radius 3 is 2.47 bits per heavy atom. The van der Waals surface area contributed by atoms with Gasteiger partial charge in [0.1, 0.15) is 6.10 Å². The summed E-state index contributed by atoms with van der Waals surface area (Å²) in [6, 6.07) is 14.4. The zero-order chi connectivity index (χ0) is 13.7. The van der Waals surface area contributed by atoms with Crippen molar-refractivity contribution in [1.29, 1.82) is 0 Å². The third-order valence-electron chi connectivity index (χ3n) is 2.99. The zero-order valence-corrected chi connectivity index (χ0v) is 12.7. The molecule has 0 amide bonds. The summed E-state index contributed by atoms with van der Waals surface area (Å²) < 4.78 is 6.75. The topological polar surface area (TPSA) is 21.3 Å². The van der Waals surface area contributed by atoms with Gasteiger partial charge in [0.2, 0.25) is 0 Å². The Morgan fingerprint density at radius 2 is 1.95 bits per heavy atom. The minimum atomic E-state index is -0.00841. The maximum Gasteiger partial charge on any atom is 0.103 e. The molecule has 1 heterocycles. The van der Waals surface area contributed by atoms with E-state index in [9.17, 15) is 0 Å². The standard InChI is InChI=1S/C15H18ClNOS/c1-3-18-15(11-7-5-4-6-8-11)14(17-2)12-9-10-13(16)19-12/h4-10,14-15,17H,3H2,1-2H3. The third-order valence-corrected chi connectivity index (χ3v) is 4.30. The van der Waals surface area contributed by atoms with Gasteiger partial charge in [-0.2, -0.15) is 0 Å². The quantitative estimate of drug-likeness (QED) is 0.850. The molecular weight excluding hydrogens is 278 g/mol. The summed E-state index contributed by atoms with van der Waals surface area (Å²) in [6.45, 7) is 2.70. The van der Waals surface area contributed by atoms with Crippen molar-refractivity contribution in [2.75, 3.05) is 13.7 Å². The van der Waals surface area contributed by atoms with E-state index in [1.165, 1.54) is 10.4 Å². The van der Waals surface area contributed by atoms with Gasteiger partial charge in [-0.05, 0) is 31.7 Å². The highest BCUT2D eigenvalue weighted by Gasteiger charge is 2.25. The molecule has 2 unspecified atom stereocenters. The lowest BCUT2D eigenvalue weighted by Gasteiger charge is -2.26. The van der Waals surface area contributed by atoms with E-state index in [-0.39, 0.29) is 12.1 Å². The lowest BCUT2D eigenvalue weighted by molar-refractivity contribution is 0.0356. The average Bonchev–Trinajstić information content (AvgIpc) is 2.86. The molecule has 2 nitrogen and oxygen atoms in total. The van der Waals surface area contributed by atoms with E-state index in [0.717, 1.165) is 4.34 Å². The van der Waals surface area contributed by atoms with E-state index in [4.69, 9.17) is 16.3 Å². The fourth-order valence-corrected chi connectivity index (χ4v) is 3.34. The smallest absolute Gasteiger partial charge is 0.103 e. The molecule has 2 aromatic rings. The minimum absolute atomic E-state index is 0.00841. The van der Waals surface area contributed by atoms with Crippen LogP contribution in [0.25, 0.3) is 0 Å². The number of nitrogens with one attached hydrogen (secondary N) is 1. The van der Waals surface area contributed by atoms with Crippen molar-refractivity contribution in [2.24, 2.45) is 0 Å². The molecule has 0 aliphatic carbocycles. The van der Waals surface area contributed by atoms with E-state index in [0.29, 0.717) is 6.61 Å². The largest absolute Gasteiger partial charge is 0.372 e. The third kappa shape index (κ3) is 3.57. The van der Waals surface area contributed by atoms with Crippen LogP contribution in [0.2, 0.25) is 4.34 Å². The van der Waals surface area contributed by atoms with Crippen LogP contribution in [0, 0.1) is 0 Å². The molecule has 102 valence electrons. The molecule has 0 aliphatic rings. The fourth-order valence-electron chi connectivity index (χ4n) is 2.15. The van der Waals surface area contributed by atoms with Crippen LogP contribution in [0.3, 0.4) is 0 Å². The lowest BCUT2D eigenvalue weighted by Crippen LogP contribution is -2.25. The molecule has 2 rings (SSSR count). The van der Waals surface area contributed by atoms with Crippen LogP contribution in [0.4, 0.5) is 0 Å². The van der Waals surface area contributed by atoms with Gasteiger partial charge in [-0.1, -0.05) is 41.9 Å². The molecule has 0 saturated carbocycles. The van der Waals surface area contributed by atoms with Crippen LogP contribution < -0.4 is 5.32 Å². The highest BCUT2D eigenvalue weighted by Crippen LogP contribution is 2.36. The molecule has 1 aromatic carbocycles. The van der Waals surface area contributed by atoms with Gasteiger partial charge in [-0.3, -0.25) is 0 Å². The summed E-state index contributed by atoms with van der Waals surface area (Å²) >= 11 is 7.63. The van der Waals surface area contributed by atoms with Crippen LogP contribution in [0.1, 0.15) is 29.5 Å². The normalized spacial score (nSPS) is 14.3.